The molecule has 0 radical (unpaired) electrons. The Morgan fingerprint density at radius 3 is 2.23 bits per heavy atom. The highest BCUT2D eigenvalue weighted by atomic mass is 32.2. The molecule has 1 unspecified atom stereocenters. The standard InChI is InChI=1S/C20H19F2N3O4S/c1-25-12-11-23-18(25)17(13-3-7-15(29-2)8-4-13)24-19(26)14-5-9-16(10-6-14)30(27,28)20(21)22/h3-12,17,20H,1-2H3,(H,24,26). The molecule has 0 aliphatic rings. The summed E-state index contributed by atoms with van der Waals surface area (Å²) in [7, 11) is -1.39. The fraction of sp³-hybridized carbons (Fsp3) is 0.200. The molecule has 158 valence electrons. The van der Waals surface area contributed by atoms with Crippen LogP contribution in [0.1, 0.15) is 27.8 Å². The second-order valence-electron chi connectivity index (χ2n) is 6.41. The first-order valence-corrected chi connectivity index (χ1v) is 10.3. The van der Waals surface area contributed by atoms with Crippen molar-refractivity contribution in [1.29, 1.82) is 0 Å². The molecule has 1 atom stereocenters. The minimum atomic E-state index is -4.72. The topological polar surface area (TPSA) is 90.3 Å². The molecule has 2 aromatic carbocycles. The summed E-state index contributed by atoms with van der Waals surface area (Å²) in [5.41, 5.74) is 0.867. The largest absolute Gasteiger partial charge is 0.497 e. The van der Waals surface area contributed by atoms with Gasteiger partial charge in [-0.05, 0) is 42.0 Å². The van der Waals surface area contributed by atoms with Gasteiger partial charge in [0.05, 0.1) is 12.0 Å². The molecule has 7 nitrogen and oxygen atoms in total. The number of hydrogen-bond donors (Lipinski definition) is 1. The Kier molecular flexibility index (Phi) is 6.16. The number of nitrogens with one attached hydrogen (secondary N) is 1. The number of nitrogens with zero attached hydrogens (tertiary/aromatic N) is 2. The first-order valence-electron chi connectivity index (χ1n) is 8.78. The van der Waals surface area contributed by atoms with Crippen molar-refractivity contribution >= 4 is 15.7 Å². The Labute approximate surface area is 172 Å². The maximum absolute atomic E-state index is 12.8. The number of ether oxygens (including phenoxy) is 1. The second kappa shape index (κ2) is 8.62. The molecule has 1 amide bonds. The monoisotopic (exact) mass is 435 g/mol. The fourth-order valence-electron chi connectivity index (χ4n) is 2.86. The molecule has 30 heavy (non-hydrogen) atoms. The molecule has 0 bridgehead atoms. The number of rotatable bonds is 7. The van der Waals surface area contributed by atoms with Crippen molar-refractivity contribution in [3.63, 3.8) is 0 Å². The Balaban J connectivity index is 1.89. The van der Waals surface area contributed by atoms with Gasteiger partial charge in [0.1, 0.15) is 17.6 Å². The number of aryl methyl sites for hydroxylation is 1. The van der Waals surface area contributed by atoms with E-state index in [1.54, 1.807) is 55.4 Å². The van der Waals surface area contributed by atoms with Crippen LogP contribution in [-0.4, -0.2) is 36.7 Å². The van der Waals surface area contributed by atoms with Crippen LogP contribution < -0.4 is 10.1 Å². The molecule has 0 saturated carbocycles. The molecule has 0 aliphatic heterocycles. The number of benzene rings is 2. The highest BCUT2D eigenvalue weighted by molar-refractivity contribution is 7.91. The van der Waals surface area contributed by atoms with E-state index in [1.807, 2.05) is 0 Å². The molecule has 1 N–H and O–H groups in total. The third-order valence-electron chi connectivity index (χ3n) is 4.52. The molecule has 1 aromatic heterocycles. The Morgan fingerprint density at radius 1 is 1.10 bits per heavy atom. The zero-order chi connectivity index (χ0) is 21.9. The first-order chi connectivity index (χ1) is 14.2. The lowest BCUT2D eigenvalue weighted by Crippen LogP contribution is -2.31. The van der Waals surface area contributed by atoms with Crippen LogP contribution in [0.3, 0.4) is 0 Å². The van der Waals surface area contributed by atoms with Crippen molar-refractivity contribution in [3.05, 3.63) is 77.9 Å². The average Bonchev–Trinajstić information content (AvgIpc) is 3.17. The lowest BCUT2D eigenvalue weighted by Gasteiger charge is -2.19. The molecule has 1 heterocycles. The van der Waals surface area contributed by atoms with E-state index in [2.05, 4.69) is 10.3 Å². The minimum Gasteiger partial charge on any atom is -0.497 e. The lowest BCUT2D eigenvalue weighted by molar-refractivity contribution is 0.0941. The molecular formula is C20H19F2N3O4S. The maximum atomic E-state index is 12.8. The SMILES string of the molecule is COc1ccc(C(NC(=O)c2ccc(S(=O)(=O)C(F)F)cc2)c2nccn2C)cc1. The second-order valence-corrected chi connectivity index (χ2v) is 8.32. The van der Waals surface area contributed by atoms with Gasteiger partial charge < -0.3 is 14.6 Å². The molecule has 3 aromatic rings. The van der Waals surface area contributed by atoms with Gasteiger partial charge in [-0.3, -0.25) is 4.79 Å². The average molecular weight is 435 g/mol. The van der Waals surface area contributed by atoms with Crippen molar-refractivity contribution < 1.29 is 26.7 Å². The van der Waals surface area contributed by atoms with Crippen molar-refractivity contribution in [2.24, 2.45) is 7.05 Å². The molecule has 10 heteroatoms. The highest BCUT2D eigenvalue weighted by Gasteiger charge is 2.27. The lowest BCUT2D eigenvalue weighted by atomic mass is 10.0. The summed E-state index contributed by atoms with van der Waals surface area (Å²) in [4.78, 5) is 16.5. The fourth-order valence-corrected chi connectivity index (χ4v) is 3.58. The predicted octanol–water partition coefficient (Wildman–Crippen LogP) is 2.94. The molecule has 0 aliphatic carbocycles. The van der Waals surface area contributed by atoms with Gasteiger partial charge in [0.15, 0.2) is 0 Å². The van der Waals surface area contributed by atoms with Crippen LogP contribution in [0.25, 0.3) is 0 Å². The number of methoxy groups -OCH3 is 1. The van der Waals surface area contributed by atoms with Crippen molar-refractivity contribution in [2.75, 3.05) is 7.11 Å². The Hall–Kier alpha value is -3.27. The number of alkyl halides is 2. The quantitative estimate of drug-likeness (QED) is 0.616. The summed E-state index contributed by atoms with van der Waals surface area (Å²) in [6.07, 6.45) is 3.34. The smallest absolute Gasteiger partial charge is 0.341 e. The summed E-state index contributed by atoms with van der Waals surface area (Å²) in [6.45, 7) is 0. The summed E-state index contributed by atoms with van der Waals surface area (Å²) in [6, 6.07) is 10.8. The van der Waals surface area contributed by atoms with Gasteiger partial charge >= 0.3 is 5.76 Å². The minimum absolute atomic E-state index is 0.121. The van der Waals surface area contributed by atoms with Crippen molar-refractivity contribution in [1.82, 2.24) is 14.9 Å². The summed E-state index contributed by atoms with van der Waals surface area (Å²) < 4.78 is 55.4. The summed E-state index contributed by atoms with van der Waals surface area (Å²) in [5.74, 6) is -2.82. The van der Waals surface area contributed by atoms with Gasteiger partial charge in [0.25, 0.3) is 5.91 Å². The van der Waals surface area contributed by atoms with Crippen molar-refractivity contribution in [2.45, 2.75) is 16.7 Å². The van der Waals surface area contributed by atoms with Gasteiger partial charge in [0.2, 0.25) is 9.84 Å². The van der Waals surface area contributed by atoms with E-state index in [1.165, 1.54) is 12.1 Å². The third-order valence-corrected chi connectivity index (χ3v) is 5.92. The van der Waals surface area contributed by atoms with E-state index < -0.39 is 32.4 Å². The Morgan fingerprint density at radius 2 is 1.73 bits per heavy atom. The van der Waals surface area contributed by atoms with Crippen LogP contribution in [0.15, 0.2) is 65.8 Å². The van der Waals surface area contributed by atoms with Crippen LogP contribution in [0.2, 0.25) is 0 Å². The van der Waals surface area contributed by atoms with E-state index in [0.717, 1.165) is 17.7 Å². The van der Waals surface area contributed by atoms with Gasteiger partial charge in [-0.25, -0.2) is 13.4 Å². The highest BCUT2D eigenvalue weighted by Crippen LogP contribution is 2.24. The van der Waals surface area contributed by atoms with E-state index >= 15 is 0 Å². The molecule has 0 saturated heterocycles. The summed E-state index contributed by atoms with van der Waals surface area (Å²) >= 11 is 0. The van der Waals surface area contributed by atoms with Gasteiger partial charge in [-0.1, -0.05) is 12.1 Å². The zero-order valence-electron chi connectivity index (χ0n) is 16.1. The molecule has 3 rings (SSSR count). The summed E-state index contributed by atoms with van der Waals surface area (Å²) in [5, 5.41) is 2.85. The zero-order valence-corrected chi connectivity index (χ0v) is 16.9. The van der Waals surface area contributed by atoms with Gasteiger partial charge in [-0.15, -0.1) is 0 Å². The number of sulfone groups is 1. The predicted molar refractivity (Wildman–Crippen MR) is 105 cm³/mol. The van der Waals surface area contributed by atoms with Crippen LogP contribution >= 0.6 is 0 Å². The normalized spacial score (nSPS) is 12.6. The van der Waals surface area contributed by atoms with E-state index in [0.29, 0.717) is 11.6 Å². The van der Waals surface area contributed by atoms with Crippen LogP contribution in [0, 0.1) is 0 Å². The number of hydrogen-bond acceptors (Lipinski definition) is 5. The number of carbonyl (C=O) groups is 1. The molecule has 0 spiro atoms. The number of amides is 1. The van der Waals surface area contributed by atoms with Gasteiger partial charge in [-0.2, -0.15) is 8.78 Å². The van der Waals surface area contributed by atoms with Gasteiger partial charge in [0, 0.05) is 25.0 Å². The number of imidazole rings is 1. The van der Waals surface area contributed by atoms with E-state index in [-0.39, 0.29) is 5.56 Å². The van der Waals surface area contributed by atoms with Crippen LogP contribution in [-0.2, 0) is 16.9 Å². The number of carbonyl (C=O) groups excluding carboxylic acids is 1. The van der Waals surface area contributed by atoms with E-state index in [4.69, 9.17) is 4.74 Å². The van der Waals surface area contributed by atoms with Crippen molar-refractivity contribution in [3.8, 4) is 5.75 Å². The molecular weight excluding hydrogens is 416 g/mol. The molecule has 0 fully saturated rings. The van der Waals surface area contributed by atoms with Crippen LogP contribution in [0.5, 0.6) is 5.75 Å². The first kappa shape index (κ1) is 21.4. The van der Waals surface area contributed by atoms with Crippen LogP contribution in [0.4, 0.5) is 8.78 Å². The van der Waals surface area contributed by atoms with E-state index in [9.17, 15) is 22.0 Å². The maximum Gasteiger partial charge on any atom is 0.341 e. The third kappa shape index (κ3) is 4.33. The number of aromatic nitrogens is 2. The number of halogens is 2. The Bertz CT molecular complexity index is 1130.